The number of nitrogens with one attached hydrogen (secondary N) is 1. The summed E-state index contributed by atoms with van der Waals surface area (Å²) < 4.78 is 76.2. The second-order valence-electron chi connectivity index (χ2n) is 6.81. The van der Waals surface area contributed by atoms with Gasteiger partial charge in [0.25, 0.3) is 0 Å². The molecule has 2 aromatic rings. The monoisotopic (exact) mass is 463 g/mol. The molecule has 1 amide bonds. The molecule has 1 unspecified atom stereocenters. The van der Waals surface area contributed by atoms with Gasteiger partial charge in [0, 0.05) is 18.9 Å². The van der Waals surface area contributed by atoms with Gasteiger partial charge in [-0.25, -0.2) is 4.98 Å². The molecule has 1 aromatic carbocycles. The molecule has 0 saturated carbocycles. The van der Waals surface area contributed by atoms with Crippen LogP contribution in [0.3, 0.4) is 0 Å². The maximum atomic E-state index is 12.8. The summed E-state index contributed by atoms with van der Waals surface area (Å²) in [6, 6.07) is 4.61. The Balaban J connectivity index is 1.61. The first-order valence-corrected chi connectivity index (χ1v) is 9.46. The van der Waals surface area contributed by atoms with Gasteiger partial charge in [-0.15, -0.1) is 0 Å². The van der Waals surface area contributed by atoms with Gasteiger partial charge in [-0.05, 0) is 36.6 Å². The molecule has 0 fully saturated rings. The second kappa shape index (κ2) is 8.78. The number of aromatic nitrogens is 1. The lowest BCUT2D eigenvalue weighted by molar-refractivity contribution is -0.138. The number of benzene rings is 1. The third-order valence-electron chi connectivity index (χ3n) is 4.65. The van der Waals surface area contributed by atoms with Crippen LogP contribution in [-0.4, -0.2) is 23.5 Å². The summed E-state index contributed by atoms with van der Waals surface area (Å²) in [7, 11) is 0. The van der Waals surface area contributed by atoms with E-state index in [2.05, 4.69) is 10.3 Å². The number of hydrogen-bond acceptors (Lipinski definition) is 3. The first-order chi connectivity index (χ1) is 14.5. The molecule has 0 aliphatic carbocycles. The SMILES string of the molecule is O=C(NCCc1ccc(C(F)(F)F)cc1)C1CC=CN1c1ncc(C(F)(F)F)cc1Cl. The van der Waals surface area contributed by atoms with Crippen molar-refractivity contribution in [1.82, 2.24) is 10.3 Å². The molecule has 0 bridgehead atoms. The van der Waals surface area contributed by atoms with E-state index in [1.54, 1.807) is 6.08 Å². The highest BCUT2D eigenvalue weighted by Gasteiger charge is 2.34. The third-order valence-corrected chi connectivity index (χ3v) is 4.93. The smallest absolute Gasteiger partial charge is 0.354 e. The number of hydrogen-bond donors (Lipinski definition) is 1. The van der Waals surface area contributed by atoms with Crippen LogP contribution in [0.5, 0.6) is 0 Å². The molecule has 0 saturated heterocycles. The number of rotatable bonds is 5. The Morgan fingerprint density at radius 2 is 1.74 bits per heavy atom. The quantitative estimate of drug-likeness (QED) is 0.618. The maximum absolute atomic E-state index is 12.8. The number of alkyl halides is 6. The van der Waals surface area contributed by atoms with Crippen LogP contribution in [0.15, 0.2) is 48.8 Å². The summed E-state index contributed by atoms with van der Waals surface area (Å²) in [6.07, 6.45) is -4.58. The fourth-order valence-electron chi connectivity index (χ4n) is 3.06. The lowest BCUT2D eigenvalue weighted by Crippen LogP contribution is -2.43. The zero-order valence-electron chi connectivity index (χ0n) is 15.8. The van der Waals surface area contributed by atoms with Crippen LogP contribution >= 0.6 is 11.6 Å². The number of carbonyl (C=O) groups excluding carboxylic acids is 1. The molecule has 1 aliphatic heterocycles. The molecular formula is C20H16ClF6N3O. The van der Waals surface area contributed by atoms with E-state index in [9.17, 15) is 31.1 Å². The summed E-state index contributed by atoms with van der Waals surface area (Å²) >= 11 is 5.96. The van der Waals surface area contributed by atoms with E-state index in [1.807, 2.05) is 0 Å². The number of anilines is 1. The van der Waals surface area contributed by atoms with Gasteiger partial charge in [0.1, 0.15) is 6.04 Å². The minimum absolute atomic E-state index is 0.0197. The minimum Gasteiger partial charge on any atom is -0.354 e. The normalized spacial score (nSPS) is 16.6. The molecular weight excluding hydrogens is 448 g/mol. The van der Waals surface area contributed by atoms with Crippen LogP contribution in [0.4, 0.5) is 32.2 Å². The molecule has 1 aliphatic rings. The van der Waals surface area contributed by atoms with Crippen molar-refractivity contribution < 1.29 is 31.1 Å². The van der Waals surface area contributed by atoms with E-state index < -0.39 is 35.4 Å². The van der Waals surface area contributed by atoms with Gasteiger partial charge in [0.05, 0.1) is 16.1 Å². The van der Waals surface area contributed by atoms with E-state index in [4.69, 9.17) is 11.6 Å². The van der Waals surface area contributed by atoms with Crippen molar-refractivity contribution in [3.63, 3.8) is 0 Å². The first kappa shape index (κ1) is 22.9. The molecule has 1 aromatic heterocycles. The summed E-state index contributed by atoms with van der Waals surface area (Å²) in [5.41, 5.74) is -1.14. The molecule has 3 rings (SSSR count). The van der Waals surface area contributed by atoms with Gasteiger partial charge in [-0.1, -0.05) is 29.8 Å². The van der Waals surface area contributed by atoms with Crippen LogP contribution in [-0.2, 0) is 23.6 Å². The minimum atomic E-state index is -4.59. The van der Waals surface area contributed by atoms with Crippen molar-refractivity contribution in [2.24, 2.45) is 0 Å². The van der Waals surface area contributed by atoms with E-state index in [1.165, 1.54) is 23.2 Å². The Morgan fingerprint density at radius 3 is 2.32 bits per heavy atom. The van der Waals surface area contributed by atoms with Gasteiger partial charge in [0.2, 0.25) is 5.91 Å². The van der Waals surface area contributed by atoms with Gasteiger partial charge in [0.15, 0.2) is 5.82 Å². The zero-order chi connectivity index (χ0) is 22.8. The summed E-state index contributed by atoms with van der Waals surface area (Å²) in [4.78, 5) is 17.7. The van der Waals surface area contributed by atoms with Crippen LogP contribution in [0.25, 0.3) is 0 Å². The summed E-state index contributed by atoms with van der Waals surface area (Å²) in [6.45, 7) is 0.169. The van der Waals surface area contributed by atoms with Gasteiger partial charge in [-0.2, -0.15) is 26.3 Å². The van der Waals surface area contributed by atoms with Crippen molar-refractivity contribution in [1.29, 1.82) is 0 Å². The topological polar surface area (TPSA) is 45.2 Å². The molecule has 1 N–H and O–H groups in total. The largest absolute Gasteiger partial charge is 0.417 e. The maximum Gasteiger partial charge on any atom is 0.417 e. The molecule has 31 heavy (non-hydrogen) atoms. The second-order valence-corrected chi connectivity index (χ2v) is 7.21. The number of pyridine rings is 1. The molecule has 2 heterocycles. The predicted octanol–water partition coefficient (Wildman–Crippen LogP) is 5.22. The lowest BCUT2D eigenvalue weighted by atomic mass is 10.1. The van der Waals surface area contributed by atoms with Crippen LogP contribution in [0, 0.1) is 0 Å². The molecule has 166 valence electrons. The van der Waals surface area contributed by atoms with Crippen LogP contribution in [0.1, 0.15) is 23.1 Å². The summed E-state index contributed by atoms with van der Waals surface area (Å²) in [5.74, 6) is -0.388. The van der Waals surface area contributed by atoms with Gasteiger partial charge in [-0.3, -0.25) is 4.79 Å². The number of carbonyl (C=O) groups is 1. The molecule has 0 spiro atoms. The number of amides is 1. The molecule has 11 heteroatoms. The Kier molecular flexibility index (Phi) is 6.49. The number of nitrogens with zero attached hydrogens (tertiary/aromatic N) is 2. The van der Waals surface area contributed by atoms with Gasteiger partial charge < -0.3 is 10.2 Å². The Hall–Kier alpha value is -2.75. The molecule has 4 nitrogen and oxygen atoms in total. The van der Waals surface area contributed by atoms with Crippen LogP contribution in [0.2, 0.25) is 5.02 Å². The fraction of sp³-hybridized carbons (Fsp3) is 0.300. The van der Waals surface area contributed by atoms with E-state index >= 15 is 0 Å². The highest BCUT2D eigenvalue weighted by molar-refractivity contribution is 6.33. The third kappa shape index (κ3) is 5.49. The summed E-state index contributed by atoms with van der Waals surface area (Å²) in [5, 5.41) is 2.43. The molecule has 1 atom stereocenters. The van der Waals surface area contributed by atoms with E-state index in [0.29, 0.717) is 24.6 Å². The van der Waals surface area contributed by atoms with E-state index in [0.717, 1.165) is 18.2 Å². The average molecular weight is 464 g/mol. The average Bonchev–Trinajstić information content (AvgIpc) is 3.16. The van der Waals surface area contributed by atoms with Crippen molar-refractivity contribution in [3.8, 4) is 0 Å². The Morgan fingerprint density at radius 1 is 1.10 bits per heavy atom. The number of halogens is 7. The van der Waals surface area contributed by atoms with Crippen molar-refractivity contribution >= 4 is 23.3 Å². The Labute approximate surface area is 178 Å². The van der Waals surface area contributed by atoms with Crippen LogP contribution < -0.4 is 10.2 Å². The lowest BCUT2D eigenvalue weighted by Gasteiger charge is -2.25. The fourth-order valence-corrected chi connectivity index (χ4v) is 3.32. The van der Waals surface area contributed by atoms with Gasteiger partial charge >= 0.3 is 12.4 Å². The standard InChI is InChI=1S/C20H16ClF6N3O/c21-15-10-14(20(25,26)27)11-29-17(15)30-9-1-2-16(30)18(31)28-8-7-12-3-5-13(6-4-12)19(22,23)24/h1,3-6,9-11,16H,2,7-8H2,(H,28,31). The zero-order valence-corrected chi connectivity index (χ0v) is 16.5. The van der Waals surface area contributed by atoms with Crippen molar-refractivity contribution in [2.45, 2.75) is 31.2 Å². The highest BCUT2D eigenvalue weighted by atomic mass is 35.5. The predicted molar refractivity (Wildman–Crippen MR) is 102 cm³/mol. The molecule has 0 radical (unpaired) electrons. The highest BCUT2D eigenvalue weighted by Crippen LogP contribution is 2.35. The Bertz CT molecular complexity index is 972. The van der Waals surface area contributed by atoms with E-state index in [-0.39, 0.29) is 17.4 Å². The van der Waals surface area contributed by atoms with Crippen molar-refractivity contribution in [3.05, 3.63) is 70.5 Å². The van der Waals surface area contributed by atoms with Crippen molar-refractivity contribution in [2.75, 3.05) is 11.4 Å². The first-order valence-electron chi connectivity index (χ1n) is 9.08.